The molecule has 3 rings (SSSR count). The molecule has 0 radical (unpaired) electrons. The summed E-state index contributed by atoms with van der Waals surface area (Å²) >= 11 is 1.41. The average Bonchev–Trinajstić information content (AvgIpc) is 3.02. The summed E-state index contributed by atoms with van der Waals surface area (Å²) < 4.78 is 26.5. The van der Waals surface area contributed by atoms with Crippen molar-refractivity contribution in [1.82, 2.24) is 9.55 Å². The molecule has 142 valence electrons. The first-order valence-corrected chi connectivity index (χ1v) is 11.3. The number of aromatic nitrogens is 2. The van der Waals surface area contributed by atoms with Crippen LogP contribution >= 0.6 is 11.8 Å². The zero-order valence-electron chi connectivity index (χ0n) is 15.4. The molecule has 8 heteroatoms. The molecule has 0 amide bonds. The lowest BCUT2D eigenvalue weighted by Gasteiger charge is -2.16. The lowest BCUT2D eigenvalue weighted by atomic mass is 10.1. The standard InChI is InChI=1S/C19H21N3O3S2/c1-4-22-17-8-6-5-7-16(17)20-19(22)26-13-18(23)14-9-11-15(12-10-14)21(2)27(3,24)25/h5-12H,4,13H2,1-3H3. The van der Waals surface area contributed by atoms with Gasteiger partial charge in [0.25, 0.3) is 0 Å². The summed E-state index contributed by atoms with van der Waals surface area (Å²) in [6, 6.07) is 14.5. The van der Waals surface area contributed by atoms with Crippen LogP contribution in [0.3, 0.4) is 0 Å². The molecule has 0 N–H and O–H groups in total. The Hall–Kier alpha value is -2.32. The zero-order valence-corrected chi connectivity index (χ0v) is 17.0. The average molecular weight is 404 g/mol. The Morgan fingerprint density at radius 2 is 1.81 bits per heavy atom. The second-order valence-electron chi connectivity index (χ2n) is 6.12. The highest BCUT2D eigenvalue weighted by atomic mass is 32.2. The van der Waals surface area contributed by atoms with E-state index >= 15 is 0 Å². The Balaban J connectivity index is 1.73. The van der Waals surface area contributed by atoms with Gasteiger partial charge in [-0.25, -0.2) is 13.4 Å². The molecule has 6 nitrogen and oxygen atoms in total. The van der Waals surface area contributed by atoms with Gasteiger partial charge in [0.05, 0.1) is 28.7 Å². The van der Waals surface area contributed by atoms with Crippen LogP contribution in [0.2, 0.25) is 0 Å². The van der Waals surface area contributed by atoms with E-state index in [9.17, 15) is 13.2 Å². The zero-order chi connectivity index (χ0) is 19.6. The van der Waals surface area contributed by atoms with E-state index in [4.69, 9.17) is 0 Å². The minimum Gasteiger partial charge on any atom is -0.319 e. The molecule has 3 aromatic rings. The maximum Gasteiger partial charge on any atom is 0.231 e. The van der Waals surface area contributed by atoms with Crippen LogP contribution < -0.4 is 4.31 Å². The molecule has 0 aliphatic heterocycles. The van der Waals surface area contributed by atoms with Crippen LogP contribution in [0, 0.1) is 0 Å². The van der Waals surface area contributed by atoms with Crippen molar-refractivity contribution in [3.63, 3.8) is 0 Å². The Morgan fingerprint density at radius 3 is 2.44 bits per heavy atom. The number of hydrogen-bond donors (Lipinski definition) is 0. The highest BCUT2D eigenvalue weighted by molar-refractivity contribution is 7.99. The second-order valence-corrected chi connectivity index (χ2v) is 9.07. The van der Waals surface area contributed by atoms with Crippen LogP contribution in [0.4, 0.5) is 5.69 Å². The molecule has 0 aliphatic carbocycles. The summed E-state index contributed by atoms with van der Waals surface area (Å²) in [5.74, 6) is 0.244. The SMILES string of the molecule is CCn1c(SCC(=O)c2ccc(N(C)S(C)(=O)=O)cc2)nc2ccccc21. The van der Waals surface area contributed by atoms with Crippen molar-refractivity contribution in [3.8, 4) is 0 Å². The first-order chi connectivity index (χ1) is 12.8. The topological polar surface area (TPSA) is 72.3 Å². The molecule has 27 heavy (non-hydrogen) atoms. The Morgan fingerprint density at radius 1 is 1.15 bits per heavy atom. The first-order valence-electron chi connectivity index (χ1n) is 8.46. The van der Waals surface area contributed by atoms with Crippen LogP contribution in [0.1, 0.15) is 17.3 Å². The van der Waals surface area contributed by atoms with E-state index in [1.807, 2.05) is 24.3 Å². The van der Waals surface area contributed by atoms with E-state index in [0.717, 1.165) is 29.0 Å². The number of nitrogens with zero attached hydrogens (tertiary/aromatic N) is 3. The van der Waals surface area contributed by atoms with Gasteiger partial charge in [0.2, 0.25) is 10.0 Å². The maximum atomic E-state index is 12.5. The minimum atomic E-state index is -3.32. The monoisotopic (exact) mass is 403 g/mol. The number of carbonyl (C=O) groups excluding carboxylic acids is 1. The number of carbonyl (C=O) groups is 1. The Labute approximate surface area is 163 Å². The molecule has 2 aromatic carbocycles. The molecule has 0 unspecified atom stereocenters. The predicted octanol–water partition coefficient (Wildman–Crippen LogP) is 3.43. The lowest BCUT2D eigenvalue weighted by molar-refractivity contribution is 0.102. The lowest BCUT2D eigenvalue weighted by Crippen LogP contribution is -2.24. The minimum absolute atomic E-state index is 0.0248. The number of rotatable bonds is 7. The largest absolute Gasteiger partial charge is 0.319 e. The molecule has 0 atom stereocenters. The summed E-state index contributed by atoms with van der Waals surface area (Å²) in [5, 5.41) is 0.820. The number of ketones is 1. The van der Waals surface area contributed by atoms with Gasteiger partial charge in [-0.1, -0.05) is 23.9 Å². The Bertz CT molecular complexity index is 1070. The van der Waals surface area contributed by atoms with Crippen LogP contribution in [-0.4, -0.2) is 42.8 Å². The number of thioether (sulfide) groups is 1. The molecule has 0 saturated heterocycles. The van der Waals surface area contributed by atoms with Gasteiger partial charge in [0, 0.05) is 19.2 Å². The van der Waals surface area contributed by atoms with E-state index in [2.05, 4.69) is 16.5 Å². The van der Waals surface area contributed by atoms with Gasteiger partial charge in [0.15, 0.2) is 10.9 Å². The van der Waals surface area contributed by atoms with Crippen molar-refractivity contribution >= 4 is 44.3 Å². The molecule has 0 fully saturated rings. The summed E-state index contributed by atoms with van der Waals surface area (Å²) in [4.78, 5) is 17.1. The highest BCUT2D eigenvalue weighted by Gasteiger charge is 2.15. The Kier molecular flexibility index (Phi) is 5.57. The molecule has 0 aliphatic rings. The second kappa shape index (κ2) is 7.74. The molecule has 1 heterocycles. The maximum absolute atomic E-state index is 12.5. The highest BCUT2D eigenvalue weighted by Crippen LogP contribution is 2.25. The van der Waals surface area contributed by atoms with Crippen molar-refractivity contribution in [1.29, 1.82) is 0 Å². The number of sulfonamides is 1. The van der Waals surface area contributed by atoms with E-state index in [0.29, 0.717) is 11.3 Å². The van der Waals surface area contributed by atoms with Gasteiger partial charge in [0.1, 0.15) is 0 Å². The fourth-order valence-electron chi connectivity index (χ4n) is 2.73. The predicted molar refractivity (Wildman–Crippen MR) is 110 cm³/mol. The van der Waals surface area contributed by atoms with Crippen LogP contribution in [0.5, 0.6) is 0 Å². The number of imidazole rings is 1. The van der Waals surface area contributed by atoms with Crippen molar-refractivity contribution in [2.24, 2.45) is 0 Å². The number of fused-ring (bicyclic) bond motifs is 1. The van der Waals surface area contributed by atoms with Gasteiger partial charge >= 0.3 is 0 Å². The van der Waals surface area contributed by atoms with Gasteiger partial charge in [-0.2, -0.15) is 0 Å². The van der Waals surface area contributed by atoms with Crippen molar-refractivity contribution in [3.05, 3.63) is 54.1 Å². The number of anilines is 1. The molecular formula is C19H21N3O3S2. The summed E-state index contributed by atoms with van der Waals surface area (Å²) in [7, 11) is -1.84. The van der Waals surface area contributed by atoms with E-state index in [1.165, 1.54) is 23.1 Å². The molecule has 0 bridgehead atoms. The van der Waals surface area contributed by atoms with Crippen molar-refractivity contribution in [2.45, 2.75) is 18.6 Å². The summed E-state index contributed by atoms with van der Waals surface area (Å²) in [6.45, 7) is 2.83. The van der Waals surface area contributed by atoms with E-state index in [-0.39, 0.29) is 11.5 Å². The number of benzene rings is 2. The van der Waals surface area contributed by atoms with Gasteiger partial charge in [-0.15, -0.1) is 0 Å². The number of hydrogen-bond acceptors (Lipinski definition) is 5. The third-order valence-electron chi connectivity index (χ3n) is 4.32. The fourth-order valence-corrected chi connectivity index (χ4v) is 4.21. The van der Waals surface area contributed by atoms with Crippen LogP contribution in [-0.2, 0) is 16.6 Å². The van der Waals surface area contributed by atoms with E-state index in [1.54, 1.807) is 24.3 Å². The van der Waals surface area contributed by atoms with E-state index < -0.39 is 10.0 Å². The van der Waals surface area contributed by atoms with Crippen LogP contribution in [0.25, 0.3) is 11.0 Å². The normalized spacial score (nSPS) is 11.7. The molecule has 0 spiro atoms. The third-order valence-corrected chi connectivity index (χ3v) is 6.50. The number of para-hydroxylation sites is 2. The number of aryl methyl sites for hydroxylation is 1. The molecule has 1 aromatic heterocycles. The quantitative estimate of drug-likeness (QED) is 0.446. The fraction of sp³-hybridized carbons (Fsp3) is 0.263. The summed E-state index contributed by atoms with van der Waals surface area (Å²) in [6.07, 6.45) is 1.14. The smallest absolute Gasteiger partial charge is 0.231 e. The van der Waals surface area contributed by atoms with Crippen molar-refractivity contribution < 1.29 is 13.2 Å². The third kappa shape index (κ3) is 4.17. The van der Waals surface area contributed by atoms with Gasteiger partial charge in [-0.05, 0) is 43.3 Å². The van der Waals surface area contributed by atoms with Crippen molar-refractivity contribution in [2.75, 3.05) is 23.4 Å². The van der Waals surface area contributed by atoms with Gasteiger partial charge < -0.3 is 4.57 Å². The molecular weight excluding hydrogens is 382 g/mol. The van der Waals surface area contributed by atoms with Crippen LogP contribution in [0.15, 0.2) is 53.7 Å². The first kappa shape index (κ1) is 19.4. The number of Topliss-reactive ketones (excluding diaryl/α,β-unsaturated/α-hetero) is 1. The molecule has 0 saturated carbocycles. The summed E-state index contributed by atoms with van der Waals surface area (Å²) in [5.41, 5.74) is 3.05. The van der Waals surface area contributed by atoms with Gasteiger partial charge in [-0.3, -0.25) is 9.10 Å².